The first-order valence-corrected chi connectivity index (χ1v) is 17.7. The number of nitrogens with zero attached hydrogens (tertiary/aromatic N) is 1. The highest BCUT2D eigenvalue weighted by Gasteiger charge is 2.66. The second-order valence-corrected chi connectivity index (χ2v) is 14.5. The van der Waals surface area contributed by atoms with Gasteiger partial charge >= 0.3 is 12.4 Å². The van der Waals surface area contributed by atoms with E-state index in [1.54, 1.807) is 72.8 Å². The third-order valence-corrected chi connectivity index (χ3v) is 11.8. The molecule has 8 rings (SSSR count). The monoisotopic (exact) mass is 771 g/mol. The number of amides is 2. The highest BCUT2D eigenvalue weighted by atomic mass is 19.4. The van der Waals surface area contributed by atoms with Gasteiger partial charge in [-0.15, -0.1) is 0 Å². The molecule has 1 saturated carbocycles. The third kappa shape index (κ3) is 5.49. The summed E-state index contributed by atoms with van der Waals surface area (Å²) in [6, 6.07) is 22.1. The highest BCUT2D eigenvalue weighted by Crippen LogP contribution is 2.65. The van der Waals surface area contributed by atoms with Crippen molar-refractivity contribution in [3.8, 4) is 11.5 Å². The van der Waals surface area contributed by atoms with E-state index in [0.29, 0.717) is 33.7 Å². The second-order valence-electron chi connectivity index (χ2n) is 14.5. The maximum absolute atomic E-state index is 15.2. The van der Waals surface area contributed by atoms with E-state index in [4.69, 9.17) is 4.74 Å². The van der Waals surface area contributed by atoms with Crippen LogP contribution in [0.3, 0.4) is 0 Å². The molecule has 56 heavy (non-hydrogen) atoms. The number of allylic oxidation sites excluding steroid dienone is 4. The third-order valence-electron chi connectivity index (χ3n) is 11.8. The number of imide groups is 1. The molecule has 1 heterocycles. The molecular formula is C43H31F6NO6. The van der Waals surface area contributed by atoms with Gasteiger partial charge in [0.25, 0.3) is 0 Å². The summed E-state index contributed by atoms with van der Waals surface area (Å²) < 4.78 is 89.3. The zero-order chi connectivity index (χ0) is 39.9. The molecule has 4 aromatic rings. The lowest BCUT2D eigenvalue weighted by molar-refractivity contribution is -0.143. The number of ether oxygens (including phenoxy) is 1. The Morgan fingerprint density at radius 1 is 0.768 bits per heavy atom. The van der Waals surface area contributed by atoms with Crippen LogP contribution in [0, 0.1) is 23.7 Å². The molecule has 1 N–H and O–H groups in total. The molecule has 3 aliphatic carbocycles. The Bertz CT molecular complexity index is 2340. The van der Waals surface area contributed by atoms with Crippen LogP contribution in [0.4, 0.5) is 32.0 Å². The number of Topliss-reactive ketones (excluding diaryl/α,β-unsaturated/α-hetero) is 1. The molecule has 2 fully saturated rings. The smallest absolute Gasteiger partial charge is 0.416 e. The average molecular weight is 772 g/mol. The lowest BCUT2D eigenvalue weighted by Gasteiger charge is -2.55. The van der Waals surface area contributed by atoms with E-state index >= 15 is 9.59 Å². The second kappa shape index (κ2) is 13.1. The lowest BCUT2D eigenvalue weighted by Crippen LogP contribution is -2.58. The van der Waals surface area contributed by atoms with E-state index in [2.05, 4.69) is 0 Å². The Hall–Kier alpha value is -5.98. The number of benzene rings is 4. The van der Waals surface area contributed by atoms with Crippen LogP contribution in [-0.2, 0) is 36.9 Å². The number of carbonyl (C=O) groups excluding carboxylic acids is 4. The fourth-order valence-electron chi connectivity index (χ4n) is 9.51. The summed E-state index contributed by atoms with van der Waals surface area (Å²) in [7, 11) is 1.36. The van der Waals surface area contributed by atoms with Crippen LogP contribution in [-0.4, -0.2) is 35.6 Å². The van der Waals surface area contributed by atoms with Gasteiger partial charge in [-0.05, 0) is 66.3 Å². The number of alkyl halides is 6. The number of rotatable bonds is 5. The number of aromatic hydroxyl groups is 1. The molecule has 0 unspecified atom stereocenters. The molecule has 0 aromatic heterocycles. The van der Waals surface area contributed by atoms with Gasteiger partial charge in [0.1, 0.15) is 11.5 Å². The molecule has 0 bridgehead atoms. The normalized spacial score (nSPS) is 26.3. The summed E-state index contributed by atoms with van der Waals surface area (Å²) in [6.07, 6.45) is -7.89. The number of halogens is 6. The number of phenols is 1. The maximum atomic E-state index is 15.2. The lowest BCUT2D eigenvalue weighted by atomic mass is 9.44. The van der Waals surface area contributed by atoms with Gasteiger partial charge in [-0.1, -0.05) is 78.4 Å². The standard InChI is InChI=1S/C43H31F6NO6/c1-56-33-14-8-13-32(51)36(33)37-27-15-16-28-35(40(55)50(39(28)54)26-18-24(42(44,45)46)17-25(19-26)43(47,48)49)30(27)20-31-38(53)29(22-9-4-2-5-10-22)21-34(52)41(31,37)23-11-6-3-7-12-23/h2-15,17-19,21,28,30-31,35,37,51H,16,20H2,1H3/t28-,30+,31-,35-,37+,41-/m0/s1. The van der Waals surface area contributed by atoms with Crippen LogP contribution in [0.5, 0.6) is 11.5 Å². The van der Waals surface area contributed by atoms with Crippen molar-refractivity contribution >= 4 is 34.6 Å². The Kier molecular flexibility index (Phi) is 8.62. The molecule has 286 valence electrons. The largest absolute Gasteiger partial charge is 0.508 e. The Balaban J connectivity index is 1.35. The van der Waals surface area contributed by atoms with Gasteiger partial charge in [-0.3, -0.25) is 19.2 Å². The zero-order valence-corrected chi connectivity index (χ0v) is 29.4. The Morgan fingerprint density at radius 3 is 2.00 bits per heavy atom. The van der Waals surface area contributed by atoms with Crippen LogP contribution in [0.2, 0.25) is 0 Å². The topological polar surface area (TPSA) is 101 Å². The molecule has 7 nitrogen and oxygen atoms in total. The summed E-state index contributed by atoms with van der Waals surface area (Å²) >= 11 is 0. The number of ketones is 2. The summed E-state index contributed by atoms with van der Waals surface area (Å²) in [5, 5.41) is 11.6. The van der Waals surface area contributed by atoms with Gasteiger partial charge in [0.05, 0.1) is 41.2 Å². The molecule has 1 aliphatic heterocycles. The molecule has 4 aliphatic rings. The van der Waals surface area contributed by atoms with Crippen LogP contribution < -0.4 is 9.64 Å². The molecule has 1 saturated heterocycles. The van der Waals surface area contributed by atoms with Crippen molar-refractivity contribution in [1.82, 2.24) is 0 Å². The van der Waals surface area contributed by atoms with Gasteiger partial charge in [0.2, 0.25) is 11.8 Å². The minimum atomic E-state index is -5.24. The number of fused-ring (bicyclic) bond motifs is 4. The first kappa shape index (κ1) is 37.0. The summed E-state index contributed by atoms with van der Waals surface area (Å²) in [5.41, 5.74) is -4.47. The van der Waals surface area contributed by atoms with Gasteiger partial charge < -0.3 is 9.84 Å². The Morgan fingerprint density at radius 2 is 1.39 bits per heavy atom. The number of hydrogen-bond acceptors (Lipinski definition) is 6. The summed E-state index contributed by atoms with van der Waals surface area (Å²) in [6.45, 7) is 0. The fourth-order valence-corrected chi connectivity index (χ4v) is 9.51. The molecule has 4 aromatic carbocycles. The predicted molar refractivity (Wildman–Crippen MR) is 190 cm³/mol. The van der Waals surface area contributed by atoms with Crippen molar-refractivity contribution in [1.29, 1.82) is 0 Å². The quantitative estimate of drug-likeness (QED) is 0.124. The van der Waals surface area contributed by atoms with E-state index in [1.165, 1.54) is 25.3 Å². The molecular weight excluding hydrogens is 740 g/mol. The predicted octanol–water partition coefficient (Wildman–Crippen LogP) is 8.47. The molecule has 0 spiro atoms. The van der Waals surface area contributed by atoms with E-state index < -0.39 is 87.6 Å². The van der Waals surface area contributed by atoms with Gasteiger partial charge in [0.15, 0.2) is 11.6 Å². The number of hydrogen-bond donors (Lipinski definition) is 1. The zero-order valence-electron chi connectivity index (χ0n) is 29.4. The van der Waals surface area contributed by atoms with Crippen LogP contribution in [0.25, 0.3) is 5.57 Å². The minimum absolute atomic E-state index is 0.0839. The Labute approximate surface area is 315 Å². The van der Waals surface area contributed by atoms with Crippen LogP contribution >= 0.6 is 0 Å². The SMILES string of the molecule is COc1cccc(O)c1[C@H]1C2=CC[C@@H]3C(=O)N(c4cc(C(F)(F)F)cc(C(F)(F)F)c4)C(=O)[C@@H]3[C@@H]2C[C@H]2C(=O)C(c3ccccc3)=CC(=O)[C@@]12c1ccccc1. The van der Waals surface area contributed by atoms with E-state index in [9.17, 15) is 41.0 Å². The summed E-state index contributed by atoms with van der Waals surface area (Å²) in [4.78, 5) is 59.3. The maximum Gasteiger partial charge on any atom is 0.416 e. The highest BCUT2D eigenvalue weighted by molar-refractivity contribution is 6.32. The van der Waals surface area contributed by atoms with Crippen molar-refractivity contribution in [3.63, 3.8) is 0 Å². The van der Waals surface area contributed by atoms with Crippen molar-refractivity contribution in [2.75, 3.05) is 12.0 Å². The van der Waals surface area contributed by atoms with Gasteiger partial charge in [-0.25, -0.2) is 4.90 Å². The van der Waals surface area contributed by atoms with Crippen LogP contribution in [0.1, 0.15) is 46.6 Å². The average Bonchev–Trinajstić information content (AvgIpc) is 3.44. The number of phenolic OH excluding ortho intramolecular Hbond substituents is 1. The van der Waals surface area contributed by atoms with Gasteiger partial charge in [-0.2, -0.15) is 26.3 Å². The number of carbonyl (C=O) groups is 4. The van der Waals surface area contributed by atoms with Crippen molar-refractivity contribution in [2.24, 2.45) is 23.7 Å². The van der Waals surface area contributed by atoms with E-state index in [-0.39, 0.29) is 41.5 Å². The van der Waals surface area contributed by atoms with Crippen molar-refractivity contribution in [3.05, 3.63) is 143 Å². The fraction of sp³-hybridized carbons (Fsp3) is 0.256. The molecule has 2 amide bonds. The number of methoxy groups -OCH3 is 1. The van der Waals surface area contributed by atoms with E-state index in [0.717, 1.165) is 0 Å². The summed E-state index contributed by atoms with van der Waals surface area (Å²) in [5.74, 6) is -9.07. The van der Waals surface area contributed by atoms with Crippen molar-refractivity contribution in [2.45, 2.75) is 36.5 Å². The number of anilines is 1. The first-order chi connectivity index (χ1) is 26.6. The minimum Gasteiger partial charge on any atom is -0.508 e. The van der Waals surface area contributed by atoms with Gasteiger partial charge in [0, 0.05) is 23.0 Å². The van der Waals surface area contributed by atoms with Crippen LogP contribution in [0.15, 0.2) is 115 Å². The van der Waals surface area contributed by atoms with Crippen molar-refractivity contribution < 1.29 is 55.4 Å². The molecule has 13 heteroatoms. The molecule has 0 radical (unpaired) electrons. The molecule has 6 atom stereocenters. The van der Waals surface area contributed by atoms with E-state index in [1.807, 2.05) is 0 Å². The first-order valence-electron chi connectivity index (χ1n) is 17.7.